The molecule has 3 aromatic rings. The Balaban J connectivity index is 1.44. The van der Waals surface area contributed by atoms with Gasteiger partial charge in [0.1, 0.15) is 5.82 Å². The van der Waals surface area contributed by atoms with Gasteiger partial charge in [0, 0.05) is 18.4 Å². The van der Waals surface area contributed by atoms with Crippen molar-refractivity contribution in [2.75, 3.05) is 11.9 Å². The van der Waals surface area contributed by atoms with Crippen LogP contribution in [0.3, 0.4) is 0 Å². The fourth-order valence-corrected chi connectivity index (χ4v) is 2.29. The normalized spacial score (nSPS) is 10.5. The molecule has 0 fully saturated rings. The number of carbonyl (C=O) groups excluding carboxylic acids is 2. The number of fused-ring (bicyclic) bond motifs is 1. The molecule has 2 heterocycles. The monoisotopic (exact) mass is 323 g/mol. The van der Waals surface area contributed by atoms with Crippen LogP contribution < -0.4 is 10.6 Å². The lowest BCUT2D eigenvalue weighted by molar-refractivity contribution is -0.116. The Bertz CT molecular complexity index is 844. The molecule has 0 spiro atoms. The molecule has 2 aromatic heterocycles. The maximum atomic E-state index is 11.9. The Morgan fingerprint density at radius 3 is 2.75 bits per heavy atom. The van der Waals surface area contributed by atoms with Crippen molar-refractivity contribution in [3.63, 3.8) is 0 Å². The van der Waals surface area contributed by atoms with Crippen LogP contribution in [0.5, 0.6) is 0 Å². The molecule has 0 bridgehead atoms. The van der Waals surface area contributed by atoms with Crippen molar-refractivity contribution < 1.29 is 14.0 Å². The number of hydrogen-bond donors (Lipinski definition) is 2. The third-order valence-electron chi connectivity index (χ3n) is 3.48. The third-order valence-corrected chi connectivity index (χ3v) is 3.48. The summed E-state index contributed by atoms with van der Waals surface area (Å²) in [6.45, 7) is 0.401. The number of benzene rings is 1. The van der Waals surface area contributed by atoms with E-state index in [4.69, 9.17) is 4.42 Å². The first-order chi connectivity index (χ1) is 11.7. The molecule has 2 N–H and O–H groups in total. The first kappa shape index (κ1) is 15.7. The maximum Gasteiger partial charge on any atom is 0.286 e. The standard InChI is InChI=1S/C18H17N3O3/c22-17(8-3-11-19-18(23)15-7-4-12-24-15)21-16-10-9-13-5-1-2-6-14(13)20-16/h1-2,4-7,9-10,12H,3,8,11H2,(H,19,23)(H,20,21,22). The highest BCUT2D eigenvalue weighted by Gasteiger charge is 2.08. The van der Waals surface area contributed by atoms with E-state index in [1.165, 1.54) is 6.26 Å². The number of para-hydroxylation sites is 1. The summed E-state index contributed by atoms with van der Waals surface area (Å²) in [6.07, 6.45) is 2.28. The van der Waals surface area contributed by atoms with Crippen molar-refractivity contribution in [2.45, 2.75) is 12.8 Å². The number of carbonyl (C=O) groups is 2. The Labute approximate surface area is 138 Å². The third kappa shape index (κ3) is 3.98. The average Bonchev–Trinajstić information content (AvgIpc) is 3.13. The topological polar surface area (TPSA) is 84.2 Å². The molecular weight excluding hydrogens is 306 g/mol. The average molecular weight is 323 g/mol. The fraction of sp³-hybridized carbons (Fsp3) is 0.167. The van der Waals surface area contributed by atoms with E-state index in [1.807, 2.05) is 30.3 Å². The van der Waals surface area contributed by atoms with E-state index in [9.17, 15) is 9.59 Å². The maximum absolute atomic E-state index is 11.9. The van der Waals surface area contributed by atoms with E-state index in [0.29, 0.717) is 25.2 Å². The van der Waals surface area contributed by atoms with Gasteiger partial charge in [-0.2, -0.15) is 0 Å². The first-order valence-corrected chi connectivity index (χ1v) is 7.70. The smallest absolute Gasteiger partial charge is 0.286 e. The molecule has 3 rings (SSSR count). The van der Waals surface area contributed by atoms with Crippen LogP contribution in [0.25, 0.3) is 10.9 Å². The highest BCUT2D eigenvalue weighted by atomic mass is 16.3. The molecule has 0 aliphatic rings. The molecule has 6 nitrogen and oxygen atoms in total. The van der Waals surface area contributed by atoms with Gasteiger partial charge in [-0.3, -0.25) is 9.59 Å². The van der Waals surface area contributed by atoms with E-state index < -0.39 is 0 Å². The lowest BCUT2D eigenvalue weighted by atomic mass is 10.2. The van der Waals surface area contributed by atoms with Gasteiger partial charge in [-0.1, -0.05) is 18.2 Å². The summed E-state index contributed by atoms with van der Waals surface area (Å²) >= 11 is 0. The summed E-state index contributed by atoms with van der Waals surface area (Å²) < 4.78 is 4.99. The number of rotatable bonds is 6. The summed E-state index contributed by atoms with van der Waals surface area (Å²) in [5.74, 6) is 0.375. The van der Waals surface area contributed by atoms with Crippen molar-refractivity contribution in [2.24, 2.45) is 0 Å². The Kier molecular flexibility index (Phi) is 4.86. The minimum atomic E-state index is -0.281. The molecule has 0 aliphatic carbocycles. The van der Waals surface area contributed by atoms with Crippen LogP contribution in [-0.4, -0.2) is 23.3 Å². The van der Waals surface area contributed by atoms with Gasteiger partial charge in [-0.15, -0.1) is 0 Å². The number of furan rings is 1. The lowest BCUT2D eigenvalue weighted by Crippen LogP contribution is -2.25. The predicted molar refractivity (Wildman–Crippen MR) is 90.6 cm³/mol. The van der Waals surface area contributed by atoms with Gasteiger partial charge in [-0.25, -0.2) is 4.98 Å². The van der Waals surface area contributed by atoms with Crippen LogP contribution in [0, 0.1) is 0 Å². The zero-order valence-electron chi connectivity index (χ0n) is 13.0. The number of anilines is 1. The number of nitrogens with zero attached hydrogens (tertiary/aromatic N) is 1. The van der Waals surface area contributed by atoms with Crippen LogP contribution in [0.1, 0.15) is 23.4 Å². The molecule has 24 heavy (non-hydrogen) atoms. The molecule has 0 aliphatic heterocycles. The molecule has 0 saturated carbocycles. The van der Waals surface area contributed by atoms with Gasteiger partial charge in [0.15, 0.2) is 5.76 Å². The molecule has 0 saturated heterocycles. The highest BCUT2D eigenvalue weighted by molar-refractivity contribution is 5.92. The zero-order valence-corrected chi connectivity index (χ0v) is 13.0. The van der Waals surface area contributed by atoms with Gasteiger partial charge >= 0.3 is 0 Å². The van der Waals surface area contributed by atoms with Gasteiger partial charge in [0.2, 0.25) is 5.91 Å². The van der Waals surface area contributed by atoms with E-state index in [1.54, 1.807) is 18.2 Å². The van der Waals surface area contributed by atoms with Gasteiger partial charge < -0.3 is 15.1 Å². The van der Waals surface area contributed by atoms with Crippen molar-refractivity contribution in [3.8, 4) is 0 Å². The van der Waals surface area contributed by atoms with Gasteiger partial charge in [0.25, 0.3) is 5.91 Å². The first-order valence-electron chi connectivity index (χ1n) is 7.70. The second-order valence-electron chi connectivity index (χ2n) is 5.27. The summed E-state index contributed by atoms with van der Waals surface area (Å²) in [4.78, 5) is 28.0. The number of aromatic nitrogens is 1. The van der Waals surface area contributed by atoms with E-state index in [-0.39, 0.29) is 17.6 Å². The molecule has 0 radical (unpaired) electrons. The lowest BCUT2D eigenvalue weighted by Gasteiger charge is -2.06. The van der Waals surface area contributed by atoms with Crippen LogP contribution >= 0.6 is 0 Å². The molecule has 0 unspecified atom stereocenters. The predicted octanol–water partition coefficient (Wildman–Crippen LogP) is 2.98. The van der Waals surface area contributed by atoms with Crippen molar-refractivity contribution >= 4 is 28.5 Å². The molecular formula is C18H17N3O3. The minimum absolute atomic E-state index is 0.134. The SMILES string of the molecule is O=C(CCCNC(=O)c1ccco1)Nc1ccc2ccccc2n1. The van der Waals surface area contributed by atoms with Gasteiger partial charge in [0.05, 0.1) is 11.8 Å². The summed E-state index contributed by atoms with van der Waals surface area (Å²) in [7, 11) is 0. The summed E-state index contributed by atoms with van der Waals surface area (Å²) in [5, 5.41) is 6.49. The van der Waals surface area contributed by atoms with Crippen molar-refractivity contribution in [3.05, 3.63) is 60.6 Å². The molecule has 1 aromatic carbocycles. The van der Waals surface area contributed by atoms with Crippen molar-refractivity contribution in [1.29, 1.82) is 0 Å². The Morgan fingerprint density at radius 1 is 1.04 bits per heavy atom. The molecule has 122 valence electrons. The van der Waals surface area contributed by atoms with Gasteiger partial charge in [-0.05, 0) is 36.8 Å². The fourth-order valence-electron chi connectivity index (χ4n) is 2.29. The van der Waals surface area contributed by atoms with Crippen molar-refractivity contribution in [1.82, 2.24) is 10.3 Å². The molecule has 2 amide bonds. The molecule has 0 atom stereocenters. The van der Waals surface area contributed by atoms with Crippen LogP contribution in [0.15, 0.2) is 59.2 Å². The van der Waals surface area contributed by atoms with Crippen LogP contribution in [-0.2, 0) is 4.79 Å². The van der Waals surface area contributed by atoms with E-state index >= 15 is 0 Å². The summed E-state index contributed by atoms with van der Waals surface area (Å²) in [6, 6.07) is 14.7. The minimum Gasteiger partial charge on any atom is -0.459 e. The van der Waals surface area contributed by atoms with E-state index in [0.717, 1.165) is 10.9 Å². The second kappa shape index (κ2) is 7.41. The zero-order chi connectivity index (χ0) is 16.8. The highest BCUT2D eigenvalue weighted by Crippen LogP contribution is 2.14. The largest absolute Gasteiger partial charge is 0.459 e. The number of amides is 2. The second-order valence-corrected chi connectivity index (χ2v) is 5.27. The Hall–Kier alpha value is -3.15. The molecule has 6 heteroatoms. The number of nitrogens with one attached hydrogen (secondary N) is 2. The van der Waals surface area contributed by atoms with Crippen LogP contribution in [0.2, 0.25) is 0 Å². The number of pyridine rings is 1. The number of hydrogen-bond acceptors (Lipinski definition) is 4. The summed E-state index contributed by atoms with van der Waals surface area (Å²) in [5.41, 5.74) is 0.834. The quantitative estimate of drug-likeness (QED) is 0.683. The Morgan fingerprint density at radius 2 is 1.92 bits per heavy atom. The van der Waals surface area contributed by atoms with Crippen LogP contribution in [0.4, 0.5) is 5.82 Å². The van der Waals surface area contributed by atoms with E-state index in [2.05, 4.69) is 15.6 Å².